The van der Waals surface area contributed by atoms with E-state index in [1.165, 1.54) is 0 Å². The van der Waals surface area contributed by atoms with E-state index in [2.05, 4.69) is 4.90 Å². The highest BCUT2D eigenvalue weighted by atomic mass is 16.5. The summed E-state index contributed by atoms with van der Waals surface area (Å²) in [5.74, 6) is 0.740. The van der Waals surface area contributed by atoms with Crippen molar-refractivity contribution >= 4 is 5.91 Å². The second-order valence-electron chi connectivity index (χ2n) is 5.17. The van der Waals surface area contributed by atoms with Gasteiger partial charge in [-0.15, -0.1) is 0 Å². The van der Waals surface area contributed by atoms with Crippen LogP contribution in [-0.4, -0.2) is 66.8 Å². The zero-order valence-electron chi connectivity index (χ0n) is 12.1. The van der Waals surface area contributed by atoms with Crippen LogP contribution in [0.2, 0.25) is 0 Å². The zero-order valence-corrected chi connectivity index (χ0v) is 12.1. The fourth-order valence-corrected chi connectivity index (χ4v) is 2.45. The molecule has 0 aromatic heterocycles. The first-order valence-electron chi connectivity index (χ1n) is 6.94. The molecule has 1 heterocycles. The molecule has 1 aromatic rings. The van der Waals surface area contributed by atoms with E-state index in [-0.39, 0.29) is 12.0 Å². The SMILES string of the molecule is COc1cccc(C(=O)N2CCN(CC(C)O)CC2)c1. The van der Waals surface area contributed by atoms with Gasteiger partial charge in [-0.25, -0.2) is 0 Å². The van der Waals surface area contributed by atoms with Gasteiger partial charge in [-0.2, -0.15) is 0 Å². The van der Waals surface area contributed by atoms with Gasteiger partial charge in [0.25, 0.3) is 5.91 Å². The first-order valence-corrected chi connectivity index (χ1v) is 6.94. The summed E-state index contributed by atoms with van der Waals surface area (Å²) >= 11 is 0. The Kier molecular flexibility index (Phi) is 4.98. The number of carbonyl (C=O) groups is 1. The van der Waals surface area contributed by atoms with Crippen molar-refractivity contribution in [1.29, 1.82) is 0 Å². The molecule has 0 aliphatic carbocycles. The lowest BCUT2D eigenvalue weighted by Crippen LogP contribution is -2.50. The molecule has 1 fully saturated rings. The summed E-state index contributed by atoms with van der Waals surface area (Å²) in [6.07, 6.45) is -0.323. The summed E-state index contributed by atoms with van der Waals surface area (Å²) in [7, 11) is 1.60. The molecule has 0 spiro atoms. The number of hydrogen-bond acceptors (Lipinski definition) is 4. The highest BCUT2D eigenvalue weighted by Gasteiger charge is 2.22. The smallest absolute Gasteiger partial charge is 0.254 e. The average molecular weight is 278 g/mol. The van der Waals surface area contributed by atoms with Gasteiger partial charge in [0, 0.05) is 38.3 Å². The minimum Gasteiger partial charge on any atom is -0.497 e. The average Bonchev–Trinajstić information content (AvgIpc) is 2.47. The number of β-amino-alcohol motifs (C(OH)–C–C–N with tert-alkyl or cyclic N) is 1. The van der Waals surface area contributed by atoms with Crippen molar-refractivity contribution in [3.05, 3.63) is 29.8 Å². The van der Waals surface area contributed by atoms with Gasteiger partial charge in [0.05, 0.1) is 13.2 Å². The summed E-state index contributed by atoms with van der Waals surface area (Å²) in [5, 5.41) is 9.38. The molecule has 1 aliphatic rings. The third-order valence-corrected chi connectivity index (χ3v) is 3.50. The lowest BCUT2D eigenvalue weighted by Gasteiger charge is -2.35. The van der Waals surface area contributed by atoms with Crippen LogP contribution in [0.4, 0.5) is 0 Å². The number of aliphatic hydroxyl groups excluding tert-OH is 1. The van der Waals surface area contributed by atoms with Gasteiger partial charge >= 0.3 is 0 Å². The molecule has 1 aliphatic heterocycles. The van der Waals surface area contributed by atoms with Gasteiger partial charge < -0.3 is 14.7 Å². The Bertz CT molecular complexity index is 454. The molecule has 0 radical (unpaired) electrons. The molecule has 1 N–H and O–H groups in total. The first kappa shape index (κ1) is 14.8. The highest BCUT2D eigenvalue weighted by molar-refractivity contribution is 5.94. The second-order valence-corrected chi connectivity index (χ2v) is 5.17. The maximum absolute atomic E-state index is 12.4. The van der Waals surface area contributed by atoms with Crippen molar-refractivity contribution in [3.63, 3.8) is 0 Å². The van der Waals surface area contributed by atoms with Crippen LogP contribution in [0.25, 0.3) is 0 Å². The van der Waals surface area contributed by atoms with Gasteiger partial charge in [0.1, 0.15) is 5.75 Å². The normalized spacial score (nSPS) is 17.9. The Morgan fingerprint density at radius 2 is 2.05 bits per heavy atom. The van der Waals surface area contributed by atoms with Crippen molar-refractivity contribution in [2.75, 3.05) is 39.8 Å². The quantitative estimate of drug-likeness (QED) is 0.886. The van der Waals surface area contributed by atoms with E-state index in [0.29, 0.717) is 30.9 Å². The Morgan fingerprint density at radius 1 is 1.35 bits per heavy atom. The van der Waals surface area contributed by atoms with Crippen LogP contribution < -0.4 is 4.74 Å². The standard InChI is InChI=1S/C15H22N2O3/c1-12(18)11-16-6-8-17(9-7-16)15(19)13-4-3-5-14(10-13)20-2/h3-5,10,12,18H,6-9,11H2,1-2H3. The fourth-order valence-electron chi connectivity index (χ4n) is 2.45. The Morgan fingerprint density at radius 3 is 2.65 bits per heavy atom. The molecule has 5 nitrogen and oxygen atoms in total. The minimum absolute atomic E-state index is 0.0422. The molecular formula is C15H22N2O3. The topological polar surface area (TPSA) is 53.0 Å². The molecule has 1 atom stereocenters. The fraction of sp³-hybridized carbons (Fsp3) is 0.533. The van der Waals surface area contributed by atoms with Crippen molar-refractivity contribution < 1.29 is 14.6 Å². The number of methoxy groups -OCH3 is 1. The molecular weight excluding hydrogens is 256 g/mol. The maximum Gasteiger partial charge on any atom is 0.254 e. The van der Waals surface area contributed by atoms with Crippen molar-refractivity contribution in [2.45, 2.75) is 13.0 Å². The molecule has 5 heteroatoms. The summed E-state index contributed by atoms with van der Waals surface area (Å²) < 4.78 is 5.15. The van der Waals surface area contributed by atoms with E-state index in [4.69, 9.17) is 4.74 Å². The molecule has 1 unspecified atom stereocenters. The third kappa shape index (κ3) is 3.71. The molecule has 2 rings (SSSR count). The van der Waals surface area contributed by atoms with Crippen LogP contribution >= 0.6 is 0 Å². The summed E-state index contributed by atoms with van der Waals surface area (Å²) in [6, 6.07) is 7.24. The molecule has 1 aromatic carbocycles. The van der Waals surface area contributed by atoms with Crippen molar-refractivity contribution in [2.24, 2.45) is 0 Å². The van der Waals surface area contributed by atoms with Crippen LogP contribution in [0.1, 0.15) is 17.3 Å². The van der Waals surface area contributed by atoms with Crippen LogP contribution in [0, 0.1) is 0 Å². The largest absolute Gasteiger partial charge is 0.497 e. The zero-order chi connectivity index (χ0) is 14.5. The number of carbonyl (C=O) groups excluding carboxylic acids is 1. The predicted molar refractivity (Wildman–Crippen MR) is 77.0 cm³/mol. The number of amides is 1. The molecule has 1 saturated heterocycles. The monoisotopic (exact) mass is 278 g/mol. The van der Waals surface area contributed by atoms with Gasteiger partial charge in [0.15, 0.2) is 0 Å². The van der Waals surface area contributed by atoms with E-state index in [9.17, 15) is 9.90 Å². The van der Waals surface area contributed by atoms with E-state index >= 15 is 0 Å². The minimum atomic E-state index is -0.323. The molecule has 1 amide bonds. The lowest BCUT2D eigenvalue weighted by atomic mass is 10.1. The molecule has 110 valence electrons. The van der Waals surface area contributed by atoms with Gasteiger partial charge in [0.2, 0.25) is 0 Å². The lowest BCUT2D eigenvalue weighted by molar-refractivity contribution is 0.0554. The number of ether oxygens (including phenoxy) is 1. The van der Waals surface area contributed by atoms with Crippen LogP contribution in [-0.2, 0) is 0 Å². The summed E-state index contributed by atoms with van der Waals surface area (Å²) in [6.45, 7) is 5.46. The summed E-state index contributed by atoms with van der Waals surface area (Å²) in [5.41, 5.74) is 0.660. The predicted octanol–water partition coefficient (Wildman–Crippen LogP) is 0.834. The van der Waals surface area contributed by atoms with E-state index in [0.717, 1.165) is 13.1 Å². The van der Waals surface area contributed by atoms with Gasteiger partial charge in [-0.3, -0.25) is 9.69 Å². The Hall–Kier alpha value is -1.59. The number of aliphatic hydroxyl groups is 1. The highest BCUT2D eigenvalue weighted by Crippen LogP contribution is 2.15. The van der Waals surface area contributed by atoms with E-state index < -0.39 is 0 Å². The number of piperazine rings is 1. The maximum atomic E-state index is 12.4. The Balaban J connectivity index is 1.94. The molecule has 0 bridgehead atoms. The number of hydrogen-bond donors (Lipinski definition) is 1. The van der Waals surface area contributed by atoms with Gasteiger partial charge in [-0.1, -0.05) is 6.07 Å². The molecule has 0 saturated carbocycles. The van der Waals surface area contributed by atoms with Gasteiger partial charge in [-0.05, 0) is 25.1 Å². The molecule has 20 heavy (non-hydrogen) atoms. The Labute approximate surface area is 119 Å². The van der Waals surface area contributed by atoms with Crippen LogP contribution in [0.3, 0.4) is 0 Å². The number of benzene rings is 1. The van der Waals surface area contributed by atoms with E-state index in [1.54, 1.807) is 20.1 Å². The summed E-state index contributed by atoms with van der Waals surface area (Å²) in [4.78, 5) is 16.4. The number of nitrogens with zero attached hydrogens (tertiary/aromatic N) is 2. The van der Waals surface area contributed by atoms with Crippen LogP contribution in [0.5, 0.6) is 5.75 Å². The first-order chi connectivity index (χ1) is 9.60. The number of rotatable bonds is 4. The van der Waals surface area contributed by atoms with E-state index in [1.807, 2.05) is 23.1 Å². The van der Waals surface area contributed by atoms with Crippen LogP contribution in [0.15, 0.2) is 24.3 Å². The van der Waals surface area contributed by atoms with Crippen molar-refractivity contribution in [3.8, 4) is 5.75 Å². The van der Waals surface area contributed by atoms with Crippen molar-refractivity contribution in [1.82, 2.24) is 9.80 Å². The second kappa shape index (κ2) is 6.72. The third-order valence-electron chi connectivity index (χ3n) is 3.50.